The average molecular weight is 259 g/mol. The second kappa shape index (κ2) is 4.82. The van der Waals surface area contributed by atoms with Gasteiger partial charge in [-0.2, -0.15) is 0 Å². The van der Waals surface area contributed by atoms with Crippen molar-refractivity contribution in [2.45, 2.75) is 52.0 Å². The highest BCUT2D eigenvalue weighted by atomic mass is 16.5. The molecule has 0 radical (unpaired) electrons. The zero-order valence-corrected chi connectivity index (χ0v) is 12.1. The Bertz CT molecular complexity index is 456. The fourth-order valence-electron chi connectivity index (χ4n) is 3.54. The van der Waals surface area contributed by atoms with E-state index in [-0.39, 0.29) is 6.04 Å². The summed E-state index contributed by atoms with van der Waals surface area (Å²) in [5.41, 5.74) is 9.63. The lowest BCUT2D eigenvalue weighted by atomic mass is 9.70. The van der Waals surface area contributed by atoms with Crippen LogP contribution in [0.15, 0.2) is 18.2 Å². The van der Waals surface area contributed by atoms with Gasteiger partial charge in [-0.05, 0) is 42.6 Å². The lowest BCUT2D eigenvalue weighted by Crippen LogP contribution is -2.29. The quantitative estimate of drug-likeness (QED) is 0.876. The van der Waals surface area contributed by atoms with Gasteiger partial charge in [-0.1, -0.05) is 32.0 Å². The molecule has 0 amide bonds. The largest absolute Gasteiger partial charge is 0.493 e. The first-order chi connectivity index (χ1) is 9.07. The number of ether oxygens (including phenoxy) is 1. The fraction of sp³-hybridized carbons (Fsp3) is 0.647. The van der Waals surface area contributed by atoms with Gasteiger partial charge in [-0.15, -0.1) is 0 Å². The van der Waals surface area contributed by atoms with E-state index < -0.39 is 0 Å². The summed E-state index contributed by atoms with van der Waals surface area (Å²) in [6, 6.07) is 6.61. The number of rotatable bonds is 2. The van der Waals surface area contributed by atoms with Crippen molar-refractivity contribution in [1.82, 2.24) is 0 Å². The minimum absolute atomic E-state index is 0.143. The third-order valence-electron chi connectivity index (χ3n) is 5.00. The zero-order valence-electron chi connectivity index (χ0n) is 12.1. The molecular weight excluding hydrogens is 234 g/mol. The summed E-state index contributed by atoms with van der Waals surface area (Å²) in [4.78, 5) is 0. The Morgan fingerprint density at radius 2 is 2.00 bits per heavy atom. The van der Waals surface area contributed by atoms with Crippen molar-refractivity contribution >= 4 is 0 Å². The summed E-state index contributed by atoms with van der Waals surface area (Å²) in [5, 5.41) is 0. The van der Waals surface area contributed by atoms with E-state index in [0.717, 1.165) is 18.8 Å². The second-order valence-corrected chi connectivity index (χ2v) is 6.96. The molecule has 2 heteroatoms. The Labute approximate surface area is 116 Å². The molecule has 1 aliphatic heterocycles. The van der Waals surface area contributed by atoms with Gasteiger partial charge >= 0.3 is 0 Å². The molecule has 0 aromatic heterocycles. The highest BCUT2D eigenvalue weighted by molar-refractivity contribution is 5.45. The van der Waals surface area contributed by atoms with Crippen LogP contribution in [0.25, 0.3) is 0 Å². The standard InChI is InChI=1S/C17H25NO/c1-17(2)9-6-12(7-10-17)15(18)14-5-3-4-13-8-11-19-16(13)14/h3-5,12,15H,6-11,18H2,1-2H3. The molecule has 2 nitrogen and oxygen atoms in total. The van der Waals surface area contributed by atoms with E-state index >= 15 is 0 Å². The number of hydrogen-bond donors (Lipinski definition) is 1. The van der Waals surface area contributed by atoms with Gasteiger partial charge in [0.1, 0.15) is 5.75 Å². The molecule has 1 aliphatic carbocycles. The van der Waals surface area contributed by atoms with Crippen LogP contribution in [0.1, 0.15) is 56.7 Å². The maximum atomic E-state index is 6.55. The number of benzene rings is 1. The SMILES string of the molecule is CC1(C)CCC(C(N)c2cccc3c2OCC3)CC1. The number of para-hydroxylation sites is 1. The smallest absolute Gasteiger partial charge is 0.127 e. The van der Waals surface area contributed by atoms with Gasteiger partial charge in [0, 0.05) is 18.0 Å². The van der Waals surface area contributed by atoms with E-state index in [1.165, 1.54) is 36.8 Å². The van der Waals surface area contributed by atoms with E-state index in [1.807, 2.05) is 0 Å². The number of hydrogen-bond acceptors (Lipinski definition) is 2. The maximum absolute atomic E-state index is 6.55. The molecule has 2 aliphatic rings. The van der Waals surface area contributed by atoms with Crippen LogP contribution < -0.4 is 10.5 Å². The first kappa shape index (κ1) is 13.0. The van der Waals surface area contributed by atoms with Gasteiger partial charge in [-0.25, -0.2) is 0 Å². The van der Waals surface area contributed by atoms with Crippen LogP contribution in [0.4, 0.5) is 0 Å². The monoisotopic (exact) mass is 259 g/mol. The minimum atomic E-state index is 0.143. The average Bonchev–Trinajstić information content (AvgIpc) is 2.86. The predicted octanol–water partition coefficient (Wildman–Crippen LogP) is 3.84. The van der Waals surface area contributed by atoms with Crippen molar-refractivity contribution in [3.8, 4) is 5.75 Å². The molecule has 0 spiro atoms. The first-order valence-corrected chi connectivity index (χ1v) is 7.57. The van der Waals surface area contributed by atoms with Crippen LogP contribution >= 0.6 is 0 Å². The van der Waals surface area contributed by atoms with Crippen LogP contribution in [-0.4, -0.2) is 6.61 Å². The third kappa shape index (κ3) is 2.51. The van der Waals surface area contributed by atoms with Gasteiger partial charge in [-0.3, -0.25) is 0 Å². The molecule has 2 N–H and O–H groups in total. The fourth-order valence-corrected chi connectivity index (χ4v) is 3.54. The van der Waals surface area contributed by atoms with Gasteiger partial charge in [0.25, 0.3) is 0 Å². The van der Waals surface area contributed by atoms with E-state index in [4.69, 9.17) is 10.5 Å². The molecule has 1 fully saturated rings. The lowest BCUT2D eigenvalue weighted by Gasteiger charge is -2.37. The Morgan fingerprint density at radius 3 is 2.74 bits per heavy atom. The van der Waals surface area contributed by atoms with Crippen molar-refractivity contribution in [1.29, 1.82) is 0 Å². The summed E-state index contributed by atoms with van der Waals surface area (Å²) in [6.07, 6.45) is 6.12. The summed E-state index contributed by atoms with van der Waals surface area (Å²) in [6.45, 7) is 5.56. The molecule has 104 valence electrons. The maximum Gasteiger partial charge on any atom is 0.127 e. The molecule has 1 heterocycles. The van der Waals surface area contributed by atoms with Gasteiger partial charge in [0.2, 0.25) is 0 Å². The van der Waals surface area contributed by atoms with Gasteiger partial charge in [0.05, 0.1) is 6.61 Å². The highest BCUT2D eigenvalue weighted by Gasteiger charge is 2.32. The van der Waals surface area contributed by atoms with Crippen LogP contribution in [-0.2, 0) is 6.42 Å². The highest BCUT2D eigenvalue weighted by Crippen LogP contribution is 2.44. The first-order valence-electron chi connectivity index (χ1n) is 7.57. The summed E-state index contributed by atoms with van der Waals surface area (Å²) < 4.78 is 5.80. The van der Waals surface area contributed by atoms with Crippen molar-refractivity contribution in [3.05, 3.63) is 29.3 Å². The molecule has 1 aromatic rings. The van der Waals surface area contributed by atoms with Crippen LogP contribution in [0.3, 0.4) is 0 Å². The Hall–Kier alpha value is -1.02. The number of fused-ring (bicyclic) bond motifs is 1. The molecular formula is C17H25NO. The zero-order chi connectivity index (χ0) is 13.5. The van der Waals surface area contributed by atoms with Crippen LogP contribution in [0, 0.1) is 11.3 Å². The van der Waals surface area contributed by atoms with Crippen LogP contribution in [0.5, 0.6) is 5.75 Å². The van der Waals surface area contributed by atoms with E-state index in [2.05, 4.69) is 32.0 Å². The summed E-state index contributed by atoms with van der Waals surface area (Å²) in [7, 11) is 0. The molecule has 3 rings (SSSR count). The predicted molar refractivity (Wildman–Crippen MR) is 78.3 cm³/mol. The molecule has 1 saturated carbocycles. The minimum Gasteiger partial charge on any atom is -0.493 e. The molecule has 1 aromatic carbocycles. The topological polar surface area (TPSA) is 35.2 Å². The van der Waals surface area contributed by atoms with Crippen LogP contribution in [0.2, 0.25) is 0 Å². The second-order valence-electron chi connectivity index (χ2n) is 6.96. The van der Waals surface area contributed by atoms with Crippen molar-refractivity contribution in [2.24, 2.45) is 17.1 Å². The van der Waals surface area contributed by atoms with Gasteiger partial charge in [0.15, 0.2) is 0 Å². The molecule has 1 atom stereocenters. The van der Waals surface area contributed by atoms with Crippen molar-refractivity contribution in [3.63, 3.8) is 0 Å². The van der Waals surface area contributed by atoms with Gasteiger partial charge < -0.3 is 10.5 Å². The lowest BCUT2D eigenvalue weighted by molar-refractivity contribution is 0.172. The number of nitrogens with two attached hydrogens (primary N) is 1. The van der Waals surface area contributed by atoms with Crippen molar-refractivity contribution in [2.75, 3.05) is 6.61 Å². The van der Waals surface area contributed by atoms with E-state index in [9.17, 15) is 0 Å². The third-order valence-corrected chi connectivity index (χ3v) is 5.00. The Kier molecular flexibility index (Phi) is 3.30. The molecule has 19 heavy (non-hydrogen) atoms. The summed E-state index contributed by atoms with van der Waals surface area (Å²) >= 11 is 0. The molecule has 1 unspecified atom stereocenters. The van der Waals surface area contributed by atoms with E-state index in [1.54, 1.807) is 0 Å². The Balaban J connectivity index is 1.78. The summed E-state index contributed by atoms with van der Waals surface area (Å²) in [5.74, 6) is 1.70. The molecule has 0 bridgehead atoms. The van der Waals surface area contributed by atoms with Crippen molar-refractivity contribution < 1.29 is 4.74 Å². The Morgan fingerprint density at radius 1 is 1.26 bits per heavy atom. The molecule has 0 saturated heterocycles. The van der Waals surface area contributed by atoms with E-state index in [0.29, 0.717) is 11.3 Å². The normalized spacial score (nSPS) is 23.7.